The summed E-state index contributed by atoms with van der Waals surface area (Å²) in [5.74, 6) is 0.174. The number of nitrogens with zero attached hydrogens (tertiary/aromatic N) is 1. The second-order valence-electron chi connectivity index (χ2n) is 3.77. The Morgan fingerprint density at radius 2 is 2.15 bits per heavy atom. The van der Waals surface area contributed by atoms with Crippen LogP contribution >= 0.6 is 0 Å². The van der Waals surface area contributed by atoms with Crippen LogP contribution < -0.4 is 0 Å². The van der Waals surface area contributed by atoms with Gasteiger partial charge in [-0.3, -0.25) is 9.69 Å². The number of hydrogen-bond acceptors (Lipinski definition) is 4. The smallest absolute Gasteiger partial charge is 0.149 e. The lowest BCUT2D eigenvalue weighted by Gasteiger charge is -2.38. The van der Waals surface area contributed by atoms with Crippen molar-refractivity contribution < 1.29 is 14.3 Å². The van der Waals surface area contributed by atoms with Crippen molar-refractivity contribution in [2.75, 3.05) is 26.9 Å². The van der Waals surface area contributed by atoms with E-state index in [0.29, 0.717) is 19.8 Å². The van der Waals surface area contributed by atoms with E-state index >= 15 is 0 Å². The number of ketones is 1. The zero-order chi connectivity index (χ0) is 9.42. The summed E-state index contributed by atoms with van der Waals surface area (Å²) in [5, 5.41) is 0. The lowest BCUT2D eigenvalue weighted by molar-refractivity contribution is -0.134. The molecular weight excluding hydrogens is 170 g/mol. The average molecular weight is 185 g/mol. The van der Waals surface area contributed by atoms with Gasteiger partial charge in [0.25, 0.3) is 0 Å². The maximum Gasteiger partial charge on any atom is 0.149 e. The maximum absolute atomic E-state index is 11.2. The van der Waals surface area contributed by atoms with Gasteiger partial charge in [0.15, 0.2) is 0 Å². The molecular formula is C9H15NO3. The third-order valence-electron chi connectivity index (χ3n) is 2.95. The number of ether oxygens (including phenoxy) is 2. The molecule has 2 rings (SSSR count). The Morgan fingerprint density at radius 3 is 2.85 bits per heavy atom. The lowest BCUT2D eigenvalue weighted by atomic mass is 10.1. The van der Waals surface area contributed by atoms with E-state index in [1.54, 1.807) is 6.92 Å². The van der Waals surface area contributed by atoms with Gasteiger partial charge in [0.05, 0.1) is 38.0 Å². The first-order valence-electron chi connectivity index (χ1n) is 4.62. The Bertz CT molecular complexity index is 219. The van der Waals surface area contributed by atoms with E-state index in [1.165, 1.54) is 0 Å². The number of carbonyl (C=O) groups excluding carboxylic acids is 1. The maximum atomic E-state index is 11.2. The van der Waals surface area contributed by atoms with Crippen LogP contribution in [0.15, 0.2) is 0 Å². The molecule has 0 bridgehead atoms. The number of likely N-dealkylation sites (N-methyl/N-ethyl adjacent to an activating group) is 1. The summed E-state index contributed by atoms with van der Waals surface area (Å²) in [4.78, 5) is 13.3. The van der Waals surface area contributed by atoms with Crippen molar-refractivity contribution in [2.45, 2.75) is 25.1 Å². The van der Waals surface area contributed by atoms with Crippen molar-refractivity contribution in [3.8, 4) is 0 Å². The molecule has 0 N–H and O–H groups in total. The van der Waals surface area contributed by atoms with Gasteiger partial charge in [-0.1, -0.05) is 0 Å². The lowest BCUT2D eigenvalue weighted by Crippen LogP contribution is -2.56. The van der Waals surface area contributed by atoms with Crippen molar-refractivity contribution in [2.24, 2.45) is 0 Å². The molecule has 2 heterocycles. The number of carbonyl (C=O) groups is 1. The molecule has 3 atom stereocenters. The molecule has 0 aromatic rings. The first-order chi connectivity index (χ1) is 6.20. The van der Waals surface area contributed by atoms with Gasteiger partial charge in [-0.15, -0.1) is 0 Å². The van der Waals surface area contributed by atoms with Gasteiger partial charge in [-0.25, -0.2) is 0 Å². The molecule has 0 spiro atoms. The van der Waals surface area contributed by atoms with Crippen LogP contribution in [0.1, 0.15) is 6.92 Å². The molecule has 4 nitrogen and oxygen atoms in total. The highest BCUT2D eigenvalue weighted by Gasteiger charge is 2.41. The molecule has 0 aliphatic carbocycles. The van der Waals surface area contributed by atoms with Crippen LogP contribution in [-0.2, 0) is 14.3 Å². The monoisotopic (exact) mass is 185 g/mol. The summed E-state index contributed by atoms with van der Waals surface area (Å²) < 4.78 is 10.9. The average Bonchev–Trinajstić information content (AvgIpc) is 2.52. The first kappa shape index (κ1) is 9.12. The second-order valence-corrected chi connectivity index (χ2v) is 3.77. The van der Waals surface area contributed by atoms with Crippen LogP contribution in [0, 0.1) is 0 Å². The fourth-order valence-corrected chi connectivity index (χ4v) is 2.03. The third kappa shape index (κ3) is 1.49. The highest BCUT2D eigenvalue weighted by molar-refractivity contribution is 5.81. The number of hydrogen-bond donors (Lipinski definition) is 0. The SMILES string of the molecule is CC(=O)C1COC2COCC2N1C. The summed E-state index contributed by atoms with van der Waals surface area (Å²) in [5.41, 5.74) is 0. The minimum atomic E-state index is -0.0806. The Balaban J connectivity index is 2.08. The molecule has 0 saturated carbocycles. The van der Waals surface area contributed by atoms with Crippen molar-refractivity contribution in [1.29, 1.82) is 0 Å². The van der Waals surface area contributed by atoms with Crippen LogP contribution in [0.4, 0.5) is 0 Å². The van der Waals surface area contributed by atoms with Gasteiger partial charge in [0.2, 0.25) is 0 Å². The molecule has 0 amide bonds. The molecule has 0 radical (unpaired) electrons. The predicted molar refractivity (Wildman–Crippen MR) is 46.6 cm³/mol. The molecule has 4 heteroatoms. The number of morpholine rings is 1. The Labute approximate surface area is 77.8 Å². The molecule has 74 valence electrons. The van der Waals surface area contributed by atoms with Crippen molar-refractivity contribution in [3.05, 3.63) is 0 Å². The fraction of sp³-hybridized carbons (Fsp3) is 0.889. The fourth-order valence-electron chi connectivity index (χ4n) is 2.03. The molecule has 2 aliphatic rings. The van der Waals surface area contributed by atoms with Crippen LogP contribution in [0.5, 0.6) is 0 Å². The zero-order valence-electron chi connectivity index (χ0n) is 8.03. The van der Waals surface area contributed by atoms with E-state index in [4.69, 9.17) is 9.47 Å². The van der Waals surface area contributed by atoms with Crippen molar-refractivity contribution in [1.82, 2.24) is 4.90 Å². The Hall–Kier alpha value is -0.450. The number of Topliss-reactive ketones (excluding diaryl/α,β-unsaturated/α-hetero) is 1. The quantitative estimate of drug-likeness (QED) is 0.561. The summed E-state index contributed by atoms with van der Waals surface area (Å²) in [6.07, 6.45) is 0.167. The van der Waals surface area contributed by atoms with E-state index in [1.807, 2.05) is 7.05 Å². The van der Waals surface area contributed by atoms with Crippen LogP contribution in [0.2, 0.25) is 0 Å². The summed E-state index contributed by atoms with van der Waals surface area (Å²) in [6.45, 7) is 3.47. The van der Waals surface area contributed by atoms with Gasteiger partial charge in [-0.05, 0) is 14.0 Å². The van der Waals surface area contributed by atoms with Crippen LogP contribution in [-0.4, -0.2) is 55.7 Å². The minimum absolute atomic E-state index is 0.0806. The molecule has 2 saturated heterocycles. The van der Waals surface area contributed by atoms with Crippen LogP contribution in [0.25, 0.3) is 0 Å². The van der Waals surface area contributed by atoms with E-state index in [9.17, 15) is 4.79 Å². The summed E-state index contributed by atoms with van der Waals surface area (Å²) >= 11 is 0. The molecule has 0 aromatic heterocycles. The molecule has 0 aromatic carbocycles. The van der Waals surface area contributed by atoms with Gasteiger partial charge < -0.3 is 9.47 Å². The molecule has 3 unspecified atom stereocenters. The normalized spacial score (nSPS) is 40.3. The third-order valence-corrected chi connectivity index (χ3v) is 2.95. The molecule has 13 heavy (non-hydrogen) atoms. The number of fused-ring (bicyclic) bond motifs is 1. The summed E-state index contributed by atoms with van der Waals surface area (Å²) in [7, 11) is 1.97. The van der Waals surface area contributed by atoms with Gasteiger partial charge in [0.1, 0.15) is 5.78 Å². The van der Waals surface area contributed by atoms with E-state index in [-0.39, 0.29) is 24.0 Å². The minimum Gasteiger partial charge on any atom is -0.377 e. The number of rotatable bonds is 1. The molecule has 2 aliphatic heterocycles. The van der Waals surface area contributed by atoms with Gasteiger partial charge in [-0.2, -0.15) is 0 Å². The van der Waals surface area contributed by atoms with E-state index in [2.05, 4.69) is 4.90 Å². The van der Waals surface area contributed by atoms with Gasteiger partial charge >= 0.3 is 0 Å². The van der Waals surface area contributed by atoms with Crippen molar-refractivity contribution >= 4 is 5.78 Å². The topological polar surface area (TPSA) is 38.8 Å². The Kier molecular flexibility index (Phi) is 2.36. The summed E-state index contributed by atoms with van der Waals surface area (Å²) in [6, 6.07) is 0.186. The first-order valence-corrected chi connectivity index (χ1v) is 4.62. The van der Waals surface area contributed by atoms with Gasteiger partial charge in [0, 0.05) is 0 Å². The molecule has 2 fully saturated rings. The van der Waals surface area contributed by atoms with Crippen molar-refractivity contribution in [3.63, 3.8) is 0 Å². The second kappa shape index (κ2) is 3.36. The largest absolute Gasteiger partial charge is 0.377 e. The highest BCUT2D eigenvalue weighted by atomic mass is 16.6. The highest BCUT2D eigenvalue weighted by Crippen LogP contribution is 2.22. The Morgan fingerprint density at radius 1 is 1.38 bits per heavy atom. The van der Waals surface area contributed by atoms with E-state index in [0.717, 1.165) is 0 Å². The zero-order valence-corrected chi connectivity index (χ0v) is 8.03. The van der Waals surface area contributed by atoms with E-state index < -0.39 is 0 Å². The standard InChI is InChI=1S/C9H15NO3/c1-6(11)7-4-13-9-5-12-3-8(9)10(7)2/h7-9H,3-5H2,1-2H3. The predicted octanol–water partition coefficient (Wildman–Crippen LogP) is -0.327. The van der Waals surface area contributed by atoms with Crippen LogP contribution in [0.3, 0.4) is 0 Å².